The van der Waals surface area contributed by atoms with Gasteiger partial charge in [0.05, 0.1) is 19.6 Å². The molecular weight excluding hydrogens is 366 g/mol. The minimum atomic E-state index is 0.0698. The summed E-state index contributed by atoms with van der Waals surface area (Å²) >= 11 is 0. The number of fused-ring (bicyclic) bond motifs is 1. The van der Waals surface area contributed by atoms with Gasteiger partial charge in [-0.2, -0.15) is 0 Å². The molecule has 1 saturated carbocycles. The van der Waals surface area contributed by atoms with E-state index in [0.717, 1.165) is 51.4 Å². The van der Waals surface area contributed by atoms with Gasteiger partial charge in [-0.1, -0.05) is 37.3 Å². The zero-order valence-electron chi connectivity index (χ0n) is 17.4. The summed E-state index contributed by atoms with van der Waals surface area (Å²) in [5.74, 6) is 1.65. The molecule has 2 saturated heterocycles. The predicted molar refractivity (Wildman–Crippen MR) is 111 cm³/mol. The van der Waals surface area contributed by atoms with Gasteiger partial charge in [0.2, 0.25) is 11.8 Å². The van der Waals surface area contributed by atoms with E-state index in [-0.39, 0.29) is 5.91 Å². The van der Waals surface area contributed by atoms with Crippen molar-refractivity contribution in [2.45, 2.75) is 32.2 Å². The molecule has 2 aliphatic heterocycles. The lowest BCUT2D eigenvalue weighted by Crippen LogP contribution is -2.44. The molecule has 158 valence electrons. The van der Waals surface area contributed by atoms with E-state index in [1.807, 2.05) is 30.3 Å². The normalized spacial score (nSPS) is 29.8. The lowest BCUT2D eigenvalue weighted by atomic mass is 9.88. The summed E-state index contributed by atoms with van der Waals surface area (Å²) in [7, 11) is 0. The summed E-state index contributed by atoms with van der Waals surface area (Å²) in [6, 6.07) is 10.2. The molecular formula is C23H33N3O3. The van der Waals surface area contributed by atoms with Crippen molar-refractivity contribution in [2.75, 3.05) is 45.9 Å². The van der Waals surface area contributed by atoms with Crippen molar-refractivity contribution in [3.05, 3.63) is 35.9 Å². The Morgan fingerprint density at radius 3 is 2.69 bits per heavy atom. The minimum Gasteiger partial charge on any atom is -0.379 e. The first kappa shape index (κ1) is 20.4. The van der Waals surface area contributed by atoms with Crippen molar-refractivity contribution in [3.8, 4) is 0 Å². The maximum atomic E-state index is 12.7. The monoisotopic (exact) mass is 399 g/mol. The summed E-state index contributed by atoms with van der Waals surface area (Å²) in [5.41, 5.74) is 1.03. The Bertz CT molecular complexity index is 705. The lowest BCUT2D eigenvalue weighted by Gasteiger charge is -2.31. The van der Waals surface area contributed by atoms with Gasteiger partial charge in [0, 0.05) is 45.2 Å². The van der Waals surface area contributed by atoms with Crippen LogP contribution in [0.25, 0.3) is 0 Å². The van der Waals surface area contributed by atoms with Gasteiger partial charge in [-0.25, -0.2) is 0 Å². The topological polar surface area (TPSA) is 61.9 Å². The highest BCUT2D eigenvalue weighted by atomic mass is 16.5. The number of carbonyl (C=O) groups is 2. The summed E-state index contributed by atoms with van der Waals surface area (Å²) in [5, 5.41) is 3.14. The summed E-state index contributed by atoms with van der Waals surface area (Å²) in [6.07, 6.45) is 2.11. The first-order chi connectivity index (χ1) is 14.1. The fraction of sp³-hybridized carbons (Fsp3) is 0.652. The van der Waals surface area contributed by atoms with Gasteiger partial charge >= 0.3 is 0 Å². The van der Waals surface area contributed by atoms with Gasteiger partial charge in [0.15, 0.2) is 0 Å². The van der Waals surface area contributed by atoms with Crippen LogP contribution in [0.5, 0.6) is 0 Å². The number of likely N-dealkylation sites (tertiary alicyclic amines) is 1. The number of amides is 2. The maximum Gasteiger partial charge on any atom is 0.224 e. The van der Waals surface area contributed by atoms with Crippen molar-refractivity contribution >= 4 is 11.8 Å². The lowest BCUT2D eigenvalue weighted by molar-refractivity contribution is -0.129. The van der Waals surface area contributed by atoms with Crippen LogP contribution in [0.2, 0.25) is 0 Å². The van der Waals surface area contributed by atoms with E-state index in [4.69, 9.17) is 4.74 Å². The Hall–Kier alpha value is -1.92. The quantitative estimate of drug-likeness (QED) is 0.756. The van der Waals surface area contributed by atoms with Crippen molar-refractivity contribution in [3.63, 3.8) is 0 Å². The number of nitrogens with one attached hydrogen (secondary N) is 1. The average molecular weight is 400 g/mol. The molecule has 1 N–H and O–H groups in total. The number of rotatable bonds is 7. The number of nitrogens with zero attached hydrogens (tertiary/aromatic N) is 2. The van der Waals surface area contributed by atoms with Gasteiger partial charge in [-0.05, 0) is 29.7 Å². The first-order valence-electron chi connectivity index (χ1n) is 11.0. The molecule has 1 aliphatic carbocycles. The van der Waals surface area contributed by atoms with Gasteiger partial charge in [-0.15, -0.1) is 0 Å². The largest absolute Gasteiger partial charge is 0.379 e. The van der Waals surface area contributed by atoms with Crippen molar-refractivity contribution in [1.82, 2.24) is 15.1 Å². The molecule has 0 radical (unpaired) electrons. The third-order valence-electron chi connectivity index (χ3n) is 7.02. The van der Waals surface area contributed by atoms with Crippen molar-refractivity contribution in [1.29, 1.82) is 0 Å². The number of carbonyl (C=O) groups excluding carboxylic acids is 2. The Morgan fingerprint density at radius 1 is 1.17 bits per heavy atom. The van der Waals surface area contributed by atoms with Crippen LogP contribution in [-0.2, 0) is 20.7 Å². The third-order valence-corrected chi connectivity index (χ3v) is 7.02. The SMILES string of the molecule is C[C@H]1C[C@@H]2[C@@H](CC(=O)N2CCN2CCOCC2)[C@@H]1CNC(=O)Cc1ccccc1. The molecule has 4 rings (SSSR count). The minimum absolute atomic E-state index is 0.0698. The zero-order valence-corrected chi connectivity index (χ0v) is 17.4. The third kappa shape index (κ3) is 4.81. The molecule has 3 fully saturated rings. The molecule has 2 amide bonds. The Morgan fingerprint density at radius 2 is 1.93 bits per heavy atom. The number of hydrogen-bond donors (Lipinski definition) is 1. The fourth-order valence-corrected chi connectivity index (χ4v) is 5.38. The molecule has 4 atom stereocenters. The second-order valence-electron chi connectivity index (χ2n) is 8.82. The van der Waals surface area contributed by atoms with Crippen LogP contribution in [0.15, 0.2) is 30.3 Å². The van der Waals surface area contributed by atoms with E-state index in [1.165, 1.54) is 0 Å². The van der Waals surface area contributed by atoms with Crippen LogP contribution in [-0.4, -0.2) is 73.6 Å². The molecule has 1 aromatic carbocycles. The van der Waals surface area contributed by atoms with Crippen LogP contribution in [0.1, 0.15) is 25.3 Å². The van der Waals surface area contributed by atoms with Gasteiger partial charge in [0.25, 0.3) is 0 Å². The van der Waals surface area contributed by atoms with Crippen LogP contribution in [0.3, 0.4) is 0 Å². The number of benzene rings is 1. The summed E-state index contributed by atoms with van der Waals surface area (Å²) < 4.78 is 5.42. The molecule has 29 heavy (non-hydrogen) atoms. The standard InChI is InChI=1S/C23H33N3O3/c1-17-13-21-19(15-23(28)26(21)8-7-25-9-11-29-12-10-25)20(17)16-24-22(27)14-18-5-3-2-4-6-18/h2-6,17,19-21H,7-16H2,1H3,(H,24,27)/t17-,19-,20+,21+/m0/s1. The molecule has 0 unspecified atom stereocenters. The second kappa shape index (κ2) is 9.26. The zero-order chi connectivity index (χ0) is 20.2. The second-order valence-corrected chi connectivity index (χ2v) is 8.82. The van der Waals surface area contributed by atoms with E-state index >= 15 is 0 Å². The molecule has 3 aliphatic rings. The molecule has 2 heterocycles. The number of ether oxygens (including phenoxy) is 1. The Kier molecular flexibility index (Phi) is 6.50. The van der Waals surface area contributed by atoms with E-state index in [9.17, 15) is 9.59 Å². The maximum absolute atomic E-state index is 12.7. The highest BCUT2D eigenvalue weighted by Crippen LogP contribution is 2.45. The van der Waals surface area contributed by atoms with E-state index < -0.39 is 0 Å². The Balaban J connectivity index is 1.28. The van der Waals surface area contributed by atoms with E-state index in [1.54, 1.807) is 0 Å². The smallest absolute Gasteiger partial charge is 0.224 e. The molecule has 6 heteroatoms. The summed E-state index contributed by atoms with van der Waals surface area (Å²) in [6.45, 7) is 8.22. The first-order valence-corrected chi connectivity index (χ1v) is 11.0. The van der Waals surface area contributed by atoms with Crippen molar-refractivity contribution in [2.24, 2.45) is 17.8 Å². The van der Waals surface area contributed by atoms with Crippen molar-refractivity contribution < 1.29 is 14.3 Å². The van der Waals surface area contributed by atoms with Crippen LogP contribution in [0.4, 0.5) is 0 Å². The Labute approximate surface area is 173 Å². The highest BCUT2D eigenvalue weighted by molar-refractivity contribution is 5.80. The molecule has 0 bridgehead atoms. The highest BCUT2D eigenvalue weighted by Gasteiger charge is 2.50. The number of morpholine rings is 1. The summed E-state index contributed by atoms with van der Waals surface area (Å²) in [4.78, 5) is 29.6. The molecule has 6 nitrogen and oxygen atoms in total. The van der Waals surface area contributed by atoms with E-state index in [0.29, 0.717) is 49.1 Å². The van der Waals surface area contributed by atoms with E-state index in [2.05, 4.69) is 22.0 Å². The molecule has 0 spiro atoms. The van der Waals surface area contributed by atoms with Crippen LogP contribution < -0.4 is 5.32 Å². The van der Waals surface area contributed by atoms with Gasteiger partial charge < -0.3 is 15.0 Å². The predicted octanol–water partition coefficient (Wildman–Crippen LogP) is 1.55. The van der Waals surface area contributed by atoms with Gasteiger partial charge in [-0.3, -0.25) is 14.5 Å². The molecule has 0 aromatic heterocycles. The number of hydrogen-bond acceptors (Lipinski definition) is 4. The van der Waals surface area contributed by atoms with Crippen LogP contribution >= 0.6 is 0 Å². The fourth-order valence-electron chi connectivity index (χ4n) is 5.38. The average Bonchev–Trinajstić information content (AvgIpc) is 3.19. The van der Waals surface area contributed by atoms with Gasteiger partial charge in [0.1, 0.15) is 0 Å². The molecule has 1 aromatic rings. The van der Waals surface area contributed by atoms with Crippen LogP contribution in [0, 0.1) is 17.8 Å².